The number of hydrogen-bond donors (Lipinski definition) is 1. The van der Waals surface area contributed by atoms with Gasteiger partial charge in [-0.1, -0.05) is 49.4 Å². The summed E-state index contributed by atoms with van der Waals surface area (Å²) in [5, 5.41) is 13.9. The Morgan fingerprint density at radius 2 is 1.91 bits per heavy atom. The molecular formula is C26H30N6O. The number of rotatable bonds is 5. The van der Waals surface area contributed by atoms with Gasteiger partial charge in [-0.2, -0.15) is 0 Å². The molecule has 7 heteroatoms. The maximum atomic E-state index is 13.5. The zero-order valence-corrected chi connectivity index (χ0v) is 19.7. The van der Waals surface area contributed by atoms with Gasteiger partial charge >= 0.3 is 0 Å². The number of hydrogen-bond acceptors (Lipinski definition) is 5. The van der Waals surface area contributed by atoms with E-state index in [9.17, 15) is 4.79 Å². The van der Waals surface area contributed by atoms with Crippen LogP contribution in [0.4, 0.5) is 0 Å². The van der Waals surface area contributed by atoms with Gasteiger partial charge in [0.25, 0.3) is 5.56 Å². The van der Waals surface area contributed by atoms with Gasteiger partial charge in [-0.05, 0) is 72.2 Å². The van der Waals surface area contributed by atoms with Crippen molar-refractivity contribution < 1.29 is 0 Å². The van der Waals surface area contributed by atoms with Crippen LogP contribution in [0, 0.1) is 6.92 Å². The topological polar surface area (TPSA) is 79.7 Å². The fraction of sp³-hybridized carbons (Fsp3) is 0.385. The van der Waals surface area contributed by atoms with Crippen molar-refractivity contribution in [2.75, 3.05) is 6.54 Å². The van der Waals surface area contributed by atoms with Crippen molar-refractivity contribution >= 4 is 10.9 Å². The summed E-state index contributed by atoms with van der Waals surface area (Å²) in [7, 11) is 0. The van der Waals surface area contributed by atoms with Gasteiger partial charge in [0.15, 0.2) is 5.82 Å². The number of nitrogens with zero attached hydrogens (tertiary/aromatic N) is 5. The van der Waals surface area contributed by atoms with E-state index in [1.807, 2.05) is 35.9 Å². The van der Waals surface area contributed by atoms with Gasteiger partial charge in [0, 0.05) is 18.7 Å². The number of pyridine rings is 1. The second-order valence-electron chi connectivity index (χ2n) is 9.60. The monoisotopic (exact) mass is 442 g/mol. The second-order valence-corrected chi connectivity index (χ2v) is 9.60. The molecule has 0 spiro atoms. The van der Waals surface area contributed by atoms with Crippen molar-refractivity contribution in [1.29, 1.82) is 0 Å². The lowest BCUT2D eigenvalue weighted by Gasteiger charge is -2.36. The molecule has 2 aromatic heterocycles. The van der Waals surface area contributed by atoms with E-state index in [1.165, 1.54) is 11.1 Å². The number of para-hydroxylation sites is 1. The molecule has 5 rings (SSSR count). The van der Waals surface area contributed by atoms with E-state index in [0.29, 0.717) is 11.4 Å². The molecule has 170 valence electrons. The van der Waals surface area contributed by atoms with Gasteiger partial charge in [-0.15, -0.1) is 5.10 Å². The number of aryl methyl sites for hydroxylation is 1. The third-order valence-corrected chi connectivity index (χ3v) is 7.11. The van der Waals surface area contributed by atoms with E-state index < -0.39 is 0 Å². The van der Waals surface area contributed by atoms with E-state index in [4.69, 9.17) is 0 Å². The van der Waals surface area contributed by atoms with Crippen LogP contribution in [0.15, 0.2) is 53.3 Å². The Bertz CT molecular complexity index is 1370. The van der Waals surface area contributed by atoms with Crippen molar-refractivity contribution in [1.82, 2.24) is 30.1 Å². The number of tetrazole rings is 1. The highest BCUT2D eigenvalue weighted by Gasteiger charge is 2.35. The first-order valence-corrected chi connectivity index (χ1v) is 11.6. The Hall–Kier alpha value is -3.32. The number of benzene rings is 2. The number of aromatic amines is 1. The highest BCUT2D eigenvalue weighted by atomic mass is 16.1. The third kappa shape index (κ3) is 3.76. The second kappa shape index (κ2) is 8.23. The molecule has 4 aromatic rings. The first-order valence-electron chi connectivity index (χ1n) is 11.6. The van der Waals surface area contributed by atoms with Crippen LogP contribution >= 0.6 is 0 Å². The van der Waals surface area contributed by atoms with Gasteiger partial charge in [0.05, 0.1) is 11.1 Å². The van der Waals surface area contributed by atoms with Crippen molar-refractivity contribution in [3.8, 4) is 0 Å². The van der Waals surface area contributed by atoms with Crippen LogP contribution in [0.2, 0.25) is 0 Å². The summed E-state index contributed by atoms with van der Waals surface area (Å²) in [6.45, 7) is 9.97. The predicted molar refractivity (Wildman–Crippen MR) is 129 cm³/mol. The van der Waals surface area contributed by atoms with Crippen molar-refractivity contribution in [3.63, 3.8) is 0 Å². The fourth-order valence-electron chi connectivity index (χ4n) is 4.79. The fourth-order valence-corrected chi connectivity index (χ4v) is 4.79. The van der Waals surface area contributed by atoms with Gasteiger partial charge in [-0.25, -0.2) is 4.68 Å². The molecule has 33 heavy (non-hydrogen) atoms. The average Bonchev–Trinajstić information content (AvgIpc) is 3.31. The highest BCUT2D eigenvalue weighted by molar-refractivity contribution is 5.82. The molecule has 0 saturated heterocycles. The van der Waals surface area contributed by atoms with Gasteiger partial charge in [-0.3, -0.25) is 9.69 Å². The molecule has 2 aromatic carbocycles. The molecule has 1 N–H and O–H groups in total. The maximum Gasteiger partial charge on any atom is 0.253 e. The number of H-pyrrole nitrogens is 1. The van der Waals surface area contributed by atoms with Gasteiger partial charge in [0.2, 0.25) is 0 Å². The molecule has 1 aliphatic heterocycles. The van der Waals surface area contributed by atoms with Crippen LogP contribution < -0.4 is 5.56 Å². The summed E-state index contributed by atoms with van der Waals surface area (Å²) in [5.74, 6) is 0.707. The smallest absolute Gasteiger partial charge is 0.253 e. The predicted octanol–water partition coefficient (Wildman–Crippen LogP) is 4.12. The third-order valence-electron chi connectivity index (χ3n) is 7.11. The van der Waals surface area contributed by atoms with Gasteiger partial charge in [0.1, 0.15) is 6.04 Å². The Morgan fingerprint density at radius 3 is 2.70 bits per heavy atom. The Morgan fingerprint density at radius 1 is 1.12 bits per heavy atom. The summed E-state index contributed by atoms with van der Waals surface area (Å²) in [4.78, 5) is 19.0. The lowest BCUT2D eigenvalue weighted by molar-refractivity contribution is 0.181. The SMILES string of the molecule is CCC(C)(C)n1nnnc1[C@@H](c1cc2cccc(C)c2[nH]c1=O)N1CCc2ccccc2C1. The Balaban J connectivity index is 1.70. The van der Waals surface area contributed by atoms with E-state index in [-0.39, 0.29) is 17.1 Å². The van der Waals surface area contributed by atoms with Crippen LogP contribution in [0.1, 0.15) is 61.3 Å². The van der Waals surface area contributed by atoms with Gasteiger partial charge < -0.3 is 4.98 Å². The molecule has 0 radical (unpaired) electrons. The molecule has 0 aliphatic carbocycles. The number of fused-ring (bicyclic) bond motifs is 2. The summed E-state index contributed by atoms with van der Waals surface area (Å²) < 4.78 is 1.90. The number of aromatic nitrogens is 5. The van der Waals surface area contributed by atoms with Crippen LogP contribution in [-0.4, -0.2) is 36.6 Å². The molecule has 3 heterocycles. The van der Waals surface area contributed by atoms with Crippen LogP contribution in [0.25, 0.3) is 10.9 Å². The summed E-state index contributed by atoms with van der Waals surface area (Å²) in [6.07, 6.45) is 1.80. The standard InChI is InChI=1S/C26H30N6O/c1-5-26(3,4)32-24(28-29-30-32)23(31-14-13-18-10-6-7-11-20(18)16-31)21-15-19-12-8-9-17(2)22(19)27-25(21)33/h6-12,15,23H,5,13-14,16H2,1-4H3,(H,27,33)/t23-/m1/s1. The van der Waals surface area contributed by atoms with Crippen molar-refractivity contribution in [3.05, 3.63) is 87.0 Å². The molecular weight excluding hydrogens is 412 g/mol. The van der Waals surface area contributed by atoms with E-state index in [1.54, 1.807) is 0 Å². The van der Waals surface area contributed by atoms with Crippen LogP contribution in [-0.2, 0) is 18.5 Å². The quantitative estimate of drug-likeness (QED) is 0.503. The average molecular weight is 443 g/mol. The molecule has 0 amide bonds. The van der Waals surface area contributed by atoms with Crippen molar-refractivity contribution in [2.45, 2.75) is 58.7 Å². The normalized spacial score (nSPS) is 15.5. The van der Waals surface area contributed by atoms with E-state index >= 15 is 0 Å². The largest absolute Gasteiger partial charge is 0.321 e. The zero-order valence-electron chi connectivity index (χ0n) is 19.7. The zero-order chi connectivity index (χ0) is 23.2. The molecule has 0 unspecified atom stereocenters. The lowest BCUT2D eigenvalue weighted by atomic mass is 9.95. The minimum Gasteiger partial charge on any atom is -0.321 e. The van der Waals surface area contributed by atoms with E-state index in [2.05, 4.69) is 70.4 Å². The summed E-state index contributed by atoms with van der Waals surface area (Å²) in [6, 6.07) is 16.3. The van der Waals surface area contributed by atoms with E-state index in [0.717, 1.165) is 42.4 Å². The molecule has 1 atom stereocenters. The molecule has 1 aliphatic rings. The molecule has 0 bridgehead atoms. The summed E-state index contributed by atoms with van der Waals surface area (Å²) >= 11 is 0. The van der Waals surface area contributed by atoms with Crippen LogP contribution in [0.5, 0.6) is 0 Å². The highest BCUT2D eigenvalue weighted by Crippen LogP contribution is 2.34. The molecule has 0 saturated carbocycles. The first kappa shape index (κ1) is 21.5. The maximum absolute atomic E-state index is 13.5. The Labute approximate surface area is 193 Å². The minimum atomic E-state index is -0.354. The van der Waals surface area contributed by atoms with Crippen LogP contribution in [0.3, 0.4) is 0 Å². The first-order chi connectivity index (χ1) is 15.9. The summed E-state index contributed by atoms with van der Waals surface area (Å²) in [5.41, 5.74) is 4.89. The lowest BCUT2D eigenvalue weighted by Crippen LogP contribution is -2.40. The van der Waals surface area contributed by atoms with Crippen molar-refractivity contribution in [2.24, 2.45) is 0 Å². The Kier molecular flexibility index (Phi) is 5.37. The minimum absolute atomic E-state index is 0.0930. The number of nitrogens with one attached hydrogen (secondary N) is 1. The molecule has 0 fully saturated rings. The molecule has 7 nitrogen and oxygen atoms in total.